The van der Waals surface area contributed by atoms with Gasteiger partial charge in [-0.25, -0.2) is 4.79 Å². The van der Waals surface area contributed by atoms with Crippen molar-refractivity contribution >= 4 is 12.0 Å². The van der Waals surface area contributed by atoms with Gasteiger partial charge >= 0.3 is 5.97 Å². The van der Waals surface area contributed by atoms with Gasteiger partial charge in [-0.1, -0.05) is 12.1 Å². The van der Waals surface area contributed by atoms with Crippen molar-refractivity contribution in [3.63, 3.8) is 0 Å². The van der Waals surface area contributed by atoms with E-state index in [-0.39, 0.29) is 5.97 Å². The Bertz CT molecular complexity index is 458. The van der Waals surface area contributed by atoms with E-state index in [1.54, 1.807) is 30.3 Å². The molecule has 0 fully saturated rings. The summed E-state index contributed by atoms with van der Waals surface area (Å²) in [6.07, 6.45) is 3.07. The number of allylic oxidation sites excluding steroid dienone is 1. The molecular weight excluding hydrogens is 214 g/mol. The lowest BCUT2D eigenvalue weighted by Gasteiger charge is -2.19. The molecular formula is C14H15NO2. The first-order chi connectivity index (χ1) is 7.92. The summed E-state index contributed by atoms with van der Waals surface area (Å²) in [6, 6.07) is 8.83. The lowest BCUT2D eigenvalue weighted by molar-refractivity contribution is 0.00696. The monoisotopic (exact) mass is 229 g/mol. The third-order valence-corrected chi connectivity index (χ3v) is 1.90. The van der Waals surface area contributed by atoms with E-state index in [2.05, 4.69) is 0 Å². The number of nitriles is 1. The minimum absolute atomic E-state index is 0.340. The van der Waals surface area contributed by atoms with E-state index in [9.17, 15) is 4.79 Å². The molecule has 88 valence electrons. The van der Waals surface area contributed by atoms with Crippen LogP contribution in [0.4, 0.5) is 0 Å². The Morgan fingerprint density at radius 1 is 1.29 bits per heavy atom. The molecule has 0 atom stereocenters. The fourth-order valence-corrected chi connectivity index (χ4v) is 1.20. The molecule has 0 N–H and O–H groups in total. The number of carbonyl (C=O) groups is 1. The lowest BCUT2D eigenvalue weighted by atomic mass is 10.1. The van der Waals surface area contributed by atoms with Crippen molar-refractivity contribution in [3.8, 4) is 6.07 Å². The summed E-state index contributed by atoms with van der Waals surface area (Å²) in [6.45, 7) is 5.48. The molecule has 0 aliphatic rings. The molecule has 1 rings (SSSR count). The number of rotatable bonds is 2. The standard InChI is InChI=1S/C14H15NO2/c1-14(2,3)17-13(16)12-8-6-11(7-9-12)5-4-10-15/h4-9H,1-3H3. The van der Waals surface area contributed by atoms with E-state index >= 15 is 0 Å². The van der Waals surface area contributed by atoms with Crippen molar-refractivity contribution in [1.29, 1.82) is 5.26 Å². The maximum Gasteiger partial charge on any atom is 0.338 e. The second kappa shape index (κ2) is 5.31. The van der Waals surface area contributed by atoms with Crippen LogP contribution in [0.1, 0.15) is 36.7 Å². The number of carbonyl (C=O) groups excluding carboxylic acids is 1. The minimum atomic E-state index is -0.490. The first kappa shape index (κ1) is 13.0. The normalized spacial score (nSPS) is 11.2. The molecule has 0 aliphatic heterocycles. The summed E-state index contributed by atoms with van der Waals surface area (Å²) in [5, 5.41) is 8.39. The van der Waals surface area contributed by atoms with Gasteiger partial charge in [-0.2, -0.15) is 5.26 Å². The van der Waals surface area contributed by atoms with Crippen LogP contribution in [-0.2, 0) is 4.74 Å². The van der Waals surface area contributed by atoms with Gasteiger partial charge in [0.1, 0.15) is 5.60 Å². The van der Waals surface area contributed by atoms with Gasteiger partial charge in [0.15, 0.2) is 0 Å². The molecule has 0 aromatic heterocycles. The third-order valence-electron chi connectivity index (χ3n) is 1.90. The van der Waals surface area contributed by atoms with Gasteiger partial charge in [0.05, 0.1) is 11.6 Å². The average Bonchev–Trinajstić information content (AvgIpc) is 2.24. The van der Waals surface area contributed by atoms with Crippen molar-refractivity contribution < 1.29 is 9.53 Å². The van der Waals surface area contributed by atoms with Crippen molar-refractivity contribution in [2.24, 2.45) is 0 Å². The summed E-state index contributed by atoms with van der Waals surface area (Å²) in [5.41, 5.74) is 0.893. The van der Waals surface area contributed by atoms with Gasteiger partial charge in [0.25, 0.3) is 0 Å². The fraction of sp³-hybridized carbons (Fsp3) is 0.286. The lowest BCUT2D eigenvalue weighted by Crippen LogP contribution is -2.23. The Morgan fingerprint density at radius 2 is 1.88 bits per heavy atom. The van der Waals surface area contributed by atoms with E-state index in [4.69, 9.17) is 10.00 Å². The molecule has 0 radical (unpaired) electrons. The Balaban J connectivity index is 2.78. The predicted octanol–water partition coefficient (Wildman–Crippen LogP) is 3.18. The van der Waals surface area contributed by atoms with E-state index in [1.807, 2.05) is 26.8 Å². The molecule has 0 spiro atoms. The van der Waals surface area contributed by atoms with Crippen LogP contribution in [-0.4, -0.2) is 11.6 Å². The smallest absolute Gasteiger partial charge is 0.338 e. The number of esters is 1. The molecule has 0 aliphatic carbocycles. The van der Waals surface area contributed by atoms with Crippen LogP contribution in [0, 0.1) is 11.3 Å². The average molecular weight is 229 g/mol. The summed E-state index contributed by atoms with van der Waals surface area (Å²) in [5.74, 6) is -0.340. The summed E-state index contributed by atoms with van der Waals surface area (Å²) in [4.78, 5) is 11.7. The highest BCUT2D eigenvalue weighted by Crippen LogP contribution is 2.13. The molecule has 3 nitrogen and oxygen atoms in total. The van der Waals surface area contributed by atoms with Crippen molar-refractivity contribution in [2.45, 2.75) is 26.4 Å². The predicted molar refractivity (Wildman–Crippen MR) is 66.3 cm³/mol. The van der Waals surface area contributed by atoms with Crippen LogP contribution >= 0.6 is 0 Å². The Labute approximate surface area is 101 Å². The van der Waals surface area contributed by atoms with Crippen LogP contribution in [0.3, 0.4) is 0 Å². The maximum absolute atomic E-state index is 11.7. The van der Waals surface area contributed by atoms with Crippen LogP contribution in [0.15, 0.2) is 30.3 Å². The second-order valence-corrected chi connectivity index (χ2v) is 4.59. The number of nitrogens with zero attached hydrogens (tertiary/aromatic N) is 1. The largest absolute Gasteiger partial charge is 0.456 e. The molecule has 1 aromatic carbocycles. The van der Waals surface area contributed by atoms with Crippen LogP contribution in [0.25, 0.3) is 6.08 Å². The second-order valence-electron chi connectivity index (χ2n) is 4.59. The van der Waals surface area contributed by atoms with Crippen LogP contribution in [0.2, 0.25) is 0 Å². The van der Waals surface area contributed by atoms with Crippen LogP contribution in [0.5, 0.6) is 0 Å². The summed E-state index contributed by atoms with van der Waals surface area (Å²) < 4.78 is 5.24. The molecule has 0 unspecified atom stereocenters. The summed E-state index contributed by atoms with van der Waals surface area (Å²) >= 11 is 0. The molecule has 0 amide bonds. The molecule has 0 saturated carbocycles. The van der Waals surface area contributed by atoms with Crippen LogP contribution < -0.4 is 0 Å². The van der Waals surface area contributed by atoms with E-state index < -0.39 is 5.60 Å². The number of benzene rings is 1. The zero-order valence-electron chi connectivity index (χ0n) is 10.2. The maximum atomic E-state index is 11.7. The Hall–Kier alpha value is -2.08. The highest BCUT2D eigenvalue weighted by Gasteiger charge is 2.17. The Morgan fingerprint density at radius 3 is 2.35 bits per heavy atom. The molecule has 17 heavy (non-hydrogen) atoms. The molecule has 3 heteroatoms. The first-order valence-corrected chi connectivity index (χ1v) is 5.32. The highest BCUT2D eigenvalue weighted by molar-refractivity contribution is 5.89. The fourth-order valence-electron chi connectivity index (χ4n) is 1.20. The molecule has 0 saturated heterocycles. The van der Waals surface area contributed by atoms with Gasteiger partial charge in [-0.3, -0.25) is 0 Å². The van der Waals surface area contributed by atoms with Gasteiger partial charge in [-0.05, 0) is 44.5 Å². The van der Waals surface area contributed by atoms with E-state index in [0.29, 0.717) is 5.56 Å². The molecule has 0 heterocycles. The van der Waals surface area contributed by atoms with E-state index in [1.165, 1.54) is 6.08 Å². The topological polar surface area (TPSA) is 50.1 Å². The minimum Gasteiger partial charge on any atom is -0.456 e. The zero-order valence-corrected chi connectivity index (χ0v) is 10.2. The van der Waals surface area contributed by atoms with Gasteiger partial charge in [-0.15, -0.1) is 0 Å². The number of hydrogen-bond acceptors (Lipinski definition) is 3. The van der Waals surface area contributed by atoms with Gasteiger partial charge in [0.2, 0.25) is 0 Å². The van der Waals surface area contributed by atoms with Gasteiger partial charge < -0.3 is 4.74 Å². The molecule has 0 bridgehead atoms. The quantitative estimate of drug-likeness (QED) is 0.578. The third kappa shape index (κ3) is 4.52. The Kier molecular flexibility index (Phi) is 4.06. The highest BCUT2D eigenvalue weighted by atomic mass is 16.6. The SMILES string of the molecule is CC(C)(C)OC(=O)c1ccc(C=CC#N)cc1. The van der Waals surface area contributed by atoms with Gasteiger partial charge in [0, 0.05) is 6.08 Å². The van der Waals surface area contributed by atoms with Crippen molar-refractivity contribution in [1.82, 2.24) is 0 Å². The summed E-state index contributed by atoms with van der Waals surface area (Å²) in [7, 11) is 0. The van der Waals surface area contributed by atoms with E-state index in [0.717, 1.165) is 5.56 Å². The molecule has 1 aromatic rings. The zero-order chi connectivity index (χ0) is 12.9. The van der Waals surface area contributed by atoms with Crippen molar-refractivity contribution in [3.05, 3.63) is 41.5 Å². The first-order valence-electron chi connectivity index (χ1n) is 5.32. The number of hydrogen-bond donors (Lipinski definition) is 0. The number of ether oxygens (including phenoxy) is 1. The van der Waals surface area contributed by atoms with Crippen molar-refractivity contribution in [2.75, 3.05) is 0 Å².